The van der Waals surface area contributed by atoms with E-state index in [-0.39, 0.29) is 81.1 Å². The first kappa shape index (κ1) is 22.2. The Balaban J connectivity index is 0.00000312. The quantitative estimate of drug-likeness (QED) is 0.370. The minimum atomic E-state index is -4.87. The molecule has 0 saturated carbocycles. The summed E-state index contributed by atoms with van der Waals surface area (Å²) in [6.45, 7) is 3.51. The van der Waals surface area contributed by atoms with Gasteiger partial charge in [-0.3, -0.25) is 0 Å². The van der Waals surface area contributed by atoms with E-state index in [2.05, 4.69) is 0 Å². The maximum atomic E-state index is 11.8. The molecular formula is C16H15KO7S. The van der Waals surface area contributed by atoms with Gasteiger partial charge in [0.15, 0.2) is 0 Å². The molecule has 2 rings (SSSR count). The predicted molar refractivity (Wildman–Crippen MR) is 83.8 cm³/mol. The largest absolute Gasteiger partial charge is 1.00 e. The van der Waals surface area contributed by atoms with E-state index < -0.39 is 27.0 Å². The Labute approximate surface area is 187 Å². The molecule has 0 unspecified atom stereocenters. The van der Waals surface area contributed by atoms with Gasteiger partial charge in [-0.2, -0.15) is 0 Å². The third-order valence-electron chi connectivity index (χ3n) is 3.21. The van der Waals surface area contributed by atoms with E-state index in [1.165, 1.54) is 24.3 Å². The number of carbonyl (C=O) groups is 2. The van der Waals surface area contributed by atoms with Crippen molar-refractivity contribution in [1.29, 1.82) is 0 Å². The van der Waals surface area contributed by atoms with E-state index in [4.69, 9.17) is 9.47 Å². The summed E-state index contributed by atoms with van der Waals surface area (Å²) in [6, 6.07) is 6.48. The van der Waals surface area contributed by atoms with Gasteiger partial charge in [0.2, 0.25) is 0 Å². The van der Waals surface area contributed by atoms with E-state index in [9.17, 15) is 22.6 Å². The molecule has 0 radical (unpaired) electrons. The molecule has 2 aromatic rings. The Morgan fingerprint density at radius 3 is 2.04 bits per heavy atom. The topological polar surface area (TPSA) is 110 Å². The summed E-state index contributed by atoms with van der Waals surface area (Å²) in [7, 11) is -4.87. The maximum absolute atomic E-state index is 11.8. The zero-order valence-corrected chi connectivity index (χ0v) is 18.0. The number of benzene rings is 2. The van der Waals surface area contributed by atoms with Crippen LogP contribution in [0.25, 0.3) is 10.8 Å². The zero-order valence-electron chi connectivity index (χ0n) is 14.1. The molecule has 25 heavy (non-hydrogen) atoms. The van der Waals surface area contributed by atoms with Crippen molar-refractivity contribution >= 4 is 32.8 Å². The molecule has 0 atom stereocenters. The van der Waals surface area contributed by atoms with Crippen molar-refractivity contribution in [2.45, 2.75) is 18.7 Å². The van der Waals surface area contributed by atoms with Crippen LogP contribution in [0.2, 0.25) is 0 Å². The number of hydrogen-bond donors (Lipinski definition) is 0. The first-order valence-electron chi connectivity index (χ1n) is 7.15. The minimum Gasteiger partial charge on any atom is -0.744 e. The van der Waals surface area contributed by atoms with Crippen LogP contribution in [0.1, 0.15) is 34.6 Å². The summed E-state index contributed by atoms with van der Waals surface area (Å²) in [5.74, 6) is -1.37. The van der Waals surface area contributed by atoms with Gasteiger partial charge in [0.1, 0.15) is 10.1 Å². The summed E-state index contributed by atoms with van der Waals surface area (Å²) in [5.41, 5.74) is 0.0563. The Morgan fingerprint density at radius 1 is 0.960 bits per heavy atom. The predicted octanol–water partition coefficient (Wildman–Crippen LogP) is -0.899. The molecule has 0 N–H and O–H groups in total. The molecule has 0 aliphatic rings. The second kappa shape index (κ2) is 9.22. The zero-order chi connectivity index (χ0) is 17.9. The molecule has 128 valence electrons. The van der Waals surface area contributed by atoms with Crippen LogP contribution in [0, 0.1) is 0 Å². The number of hydrogen-bond acceptors (Lipinski definition) is 7. The molecule has 0 spiro atoms. The van der Waals surface area contributed by atoms with Crippen LogP contribution >= 0.6 is 0 Å². The van der Waals surface area contributed by atoms with Crippen LogP contribution in [-0.2, 0) is 19.6 Å². The van der Waals surface area contributed by atoms with Gasteiger partial charge in [-0.05, 0) is 43.5 Å². The first-order chi connectivity index (χ1) is 11.3. The minimum absolute atomic E-state index is 0. The maximum Gasteiger partial charge on any atom is 1.00 e. The van der Waals surface area contributed by atoms with E-state index in [1.807, 2.05) is 0 Å². The van der Waals surface area contributed by atoms with Crippen molar-refractivity contribution in [3.63, 3.8) is 0 Å². The van der Waals surface area contributed by atoms with Crippen LogP contribution in [0.5, 0.6) is 0 Å². The standard InChI is InChI=1S/C16H16O7S.K/c1-3-22-15(17)11-6-5-10-7-12(16(18)23-4-2)9-14(13(10)8-11)24(19,20)21;/h5-9H,3-4H2,1-2H3,(H,19,20,21);/q;+1/p-1. The molecule has 0 aromatic heterocycles. The average Bonchev–Trinajstić information content (AvgIpc) is 2.52. The Bertz CT molecular complexity index is 906. The van der Waals surface area contributed by atoms with Crippen LogP contribution in [-0.4, -0.2) is 38.1 Å². The fraction of sp³-hybridized carbons (Fsp3) is 0.250. The van der Waals surface area contributed by atoms with Gasteiger partial charge in [0.05, 0.1) is 29.2 Å². The first-order valence-corrected chi connectivity index (χ1v) is 8.56. The van der Waals surface area contributed by atoms with Crippen molar-refractivity contribution in [3.8, 4) is 0 Å². The van der Waals surface area contributed by atoms with Gasteiger partial charge in [-0.15, -0.1) is 0 Å². The number of esters is 2. The Kier molecular flexibility index (Phi) is 8.20. The molecule has 0 aliphatic carbocycles. The van der Waals surface area contributed by atoms with Crippen LogP contribution in [0.3, 0.4) is 0 Å². The Hall–Kier alpha value is -0.814. The van der Waals surface area contributed by atoms with Gasteiger partial charge in [0.25, 0.3) is 0 Å². The number of carbonyl (C=O) groups excluding carboxylic acids is 2. The molecule has 7 nitrogen and oxygen atoms in total. The molecule has 0 amide bonds. The molecular weight excluding hydrogens is 375 g/mol. The summed E-state index contributed by atoms with van der Waals surface area (Å²) >= 11 is 0. The molecule has 0 fully saturated rings. The molecule has 2 aromatic carbocycles. The molecule has 9 heteroatoms. The second-order valence-corrected chi connectivity index (χ2v) is 6.15. The third kappa shape index (κ3) is 5.33. The van der Waals surface area contributed by atoms with Crippen molar-refractivity contribution in [3.05, 3.63) is 41.5 Å². The summed E-state index contributed by atoms with van der Waals surface area (Å²) in [5, 5.41) is 0.367. The second-order valence-electron chi connectivity index (χ2n) is 4.81. The van der Waals surface area contributed by atoms with Crippen molar-refractivity contribution in [2.24, 2.45) is 0 Å². The van der Waals surface area contributed by atoms with Gasteiger partial charge >= 0.3 is 63.3 Å². The summed E-state index contributed by atoms with van der Waals surface area (Å²) in [6.07, 6.45) is 0. The molecule has 0 bridgehead atoms. The number of rotatable bonds is 5. The van der Waals surface area contributed by atoms with E-state index >= 15 is 0 Å². The SMILES string of the molecule is CCOC(=O)c1cc(S(=O)(=O)[O-])c2cc(C(=O)OCC)ccc2c1.[K+]. The average molecular weight is 390 g/mol. The summed E-state index contributed by atoms with van der Waals surface area (Å²) < 4.78 is 44.4. The van der Waals surface area contributed by atoms with Crippen molar-refractivity contribution in [1.82, 2.24) is 0 Å². The third-order valence-corrected chi connectivity index (χ3v) is 4.08. The normalized spacial score (nSPS) is 10.8. The van der Waals surface area contributed by atoms with Gasteiger partial charge in [-0.25, -0.2) is 18.0 Å². The van der Waals surface area contributed by atoms with Crippen molar-refractivity contribution in [2.75, 3.05) is 13.2 Å². The molecule has 0 saturated heterocycles. The smallest absolute Gasteiger partial charge is 0.744 e. The number of fused-ring (bicyclic) bond motifs is 1. The van der Waals surface area contributed by atoms with E-state index in [1.54, 1.807) is 13.8 Å². The van der Waals surface area contributed by atoms with E-state index in [0.29, 0.717) is 5.39 Å². The van der Waals surface area contributed by atoms with Gasteiger partial charge in [-0.1, -0.05) is 6.07 Å². The molecule has 0 aliphatic heterocycles. The molecule has 0 heterocycles. The Morgan fingerprint density at radius 2 is 1.52 bits per heavy atom. The van der Waals surface area contributed by atoms with Gasteiger partial charge < -0.3 is 14.0 Å². The van der Waals surface area contributed by atoms with Crippen LogP contribution in [0.4, 0.5) is 0 Å². The fourth-order valence-electron chi connectivity index (χ4n) is 2.20. The summed E-state index contributed by atoms with van der Waals surface area (Å²) in [4.78, 5) is 23.0. The fourth-order valence-corrected chi connectivity index (χ4v) is 2.92. The van der Waals surface area contributed by atoms with Crippen LogP contribution in [0.15, 0.2) is 35.2 Å². The van der Waals surface area contributed by atoms with Gasteiger partial charge in [0, 0.05) is 5.39 Å². The van der Waals surface area contributed by atoms with E-state index in [0.717, 1.165) is 6.07 Å². The van der Waals surface area contributed by atoms with Crippen LogP contribution < -0.4 is 51.4 Å². The number of ether oxygens (including phenoxy) is 2. The monoisotopic (exact) mass is 390 g/mol. The van der Waals surface area contributed by atoms with Crippen molar-refractivity contribution < 1.29 is 83.4 Å².